The molecule has 1 heterocycles. The van der Waals surface area contributed by atoms with E-state index < -0.39 is 16.5 Å². The lowest BCUT2D eigenvalue weighted by Crippen LogP contribution is -2.25. The number of hydrogen-bond acceptors (Lipinski definition) is 2. The lowest BCUT2D eigenvalue weighted by atomic mass is 10.0. The molecular weight excluding hydrogens is 344 g/mol. The van der Waals surface area contributed by atoms with E-state index in [0.29, 0.717) is 17.0 Å². The molecule has 3 rings (SSSR count). The number of hydrogen-bond donors (Lipinski definition) is 1. The van der Waals surface area contributed by atoms with Gasteiger partial charge in [0.25, 0.3) is 5.91 Å². The van der Waals surface area contributed by atoms with Crippen molar-refractivity contribution in [2.45, 2.75) is 4.83 Å². The van der Waals surface area contributed by atoms with E-state index in [2.05, 4.69) is 21.2 Å². The summed E-state index contributed by atoms with van der Waals surface area (Å²) < 4.78 is 32.4. The number of halogens is 3. The Morgan fingerprint density at radius 1 is 1.24 bits per heavy atom. The first-order chi connectivity index (χ1) is 10.1. The second kappa shape index (κ2) is 5.44. The van der Waals surface area contributed by atoms with Crippen molar-refractivity contribution < 1.29 is 18.3 Å². The maximum absolute atomic E-state index is 13.8. The summed E-state index contributed by atoms with van der Waals surface area (Å²) in [5.41, 5.74) is 1.40. The van der Waals surface area contributed by atoms with Crippen LogP contribution in [0.4, 0.5) is 14.5 Å². The molecule has 0 saturated carbocycles. The molecule has 108 valence electrons. The zero-order valence-corrected chi connectivity index (χ0v) is 12.3. The minimum absolute atomic E-state index is 0.0252. The molecule has 0 bridgehead atoms. The highest BCUT2D eigenvalue weighted by Gasteiger charge is 2.21. The van der Waals surface area contributed by atoms with Gasteiger partial charge >= 0.3 is 0 Å². The SMILES string of the molecule is O=C1COc2ccc(C(Br)c3cccc(F)c3F)cc2N1. The number of rotatable bonds is 2. The summed E-state index contributed by atoms with van der Waals surface area (Å²) in [7, 11) is 0. The Morgan fingerprint density at radius 3 is 2.86 bits per heavy atom. The molecule has 0 aromatic heterocycles. The number of fused-ring (bicyclic) bond motifs is 1. The fraction of sp³-hybridized carbons (Fsp3) is 0.133. The van der Waals surface area contributed by atoms with Gasteiger partial charge < -0.3 is 10.1 Å². The molecule has 0 saturated heterocycles. The van der Waals surface area contributed by atoms with Crippen LogP contribution in [0.25, 0.3) is 0 Å². The Labute approximate surface area is 128 Å². The zero-order valence-electron chi connectivity index (χ0n) is 10.7. The molecule has 0 radical (unpaired) electrons. The van der Waals surface area contributed by atoms with Crippen molar-refractivity contribution >= 4 is 27.5 Å². The maximum atomic E-state index is 13.8. The van der Waals surface area contributed by atoms with Crippen LogP contribution in [0, 0.1) is 11.6 Å². The van der Waals surface area contributed by atoms with E-state index in [0.717, 1.165) is 6.07 Å². The number of anilines is 1. The molecule has 1 N–H and O–H groups in total. The van der Waals surface area contributed by atoms with Gasteiger partial charge in [0.05, 0.1) is 10.5 Å². The fourth-order valence-electron chi connectivity index (χ4n) is 2.15. The minimum atomic E-state index is -0.897. The molecule has 6 heteroatoms. The molecular formula is C15H10BrF2NO2. The summed E-state index contributed by atoms with van der Waals surface area (Å²) in [5, 5.41) is 2.68. The van der Waals surface area contributed by atoms with E-state index in [4.69, 9.17) is 4.74 Å². The van der Waals surface area contributed by atoms with Crippen molar-refractivity contribution in [2.24, 2.45) is 0 Å². The van der Waals surface area contributed by atoms with E-state index in [9.17, 15) is 13.6 Å². The number of carbonyl (C=O) groups excluding carboxylic acids is 1. The van der Waals surface area contributed by atoms with Crippen molar-refractivity contribution in [1.29, 1.82) is 0 Å². The van der Waals surface area contributed by atoms with Gasteiger partial charge in [-0.2, -0.15) is 0 Å². The molecule has 1 aliphatic rings. The first-order valence-corrected chi connectivity index (χ1v) is 7.12. The predicted octanol–water partition coefficient (Wildman–Crippen LogP) is 3.78. The number of alkyl halides is 1. The Kier molecular flexibility index (Phi) is 3.63. The molecule has 2 aromatic rings. The van der Waals surface area contributed by atoms with Crippen LogP contribution in [0.3, 0.4) is 0 Å². The third kappa shape index (κ3) is 2.63. The largest absolute Gasteiger partial charge is 0.482 e. The highest BCUT2D eigenvalue weighted by molar-refractivity contribution is 9.09. The average Bonchev–Trinajstić information content (AvgIpc) is 2.48. The zero-order chi connectivity index (χ0) is 15.0. The average molecular weight is 354 g/mol. The molecule has 1 aliphatic heterocycles. The molecule has 21 heavy (non-hydrogen) atoms. The molecule has 0 aliphatic carbocycles. The lowest BCUT2D eigenvalue weighted by Gasteiger charge is -2.20. The van der Waals surface area contributed by atoms with Crippen molar-refractivity contribution in [3.63, 3.8) is 0 Å². The number of nitrogens with one attached hydrogen (secondary N) is 1. The minimum Gasteiger partial charge on any atom is -0.482 e. The van der Waals surface area contributed by atoms with E-state index in [1.165, 1.54) is 12.1 Å². The Bertz CT molecular complexity index is 721. The first kappa shape index (κ1) is 14.0. The molecule has 0 spiro atoms. The summed E-state index contributed by atoms with van der Waals surface area (Å²) in [6, 6.07) is 9.13. The monoisotopic (exact) mass is 353 g/mol. The smallest absolute Gasteiger partial charge is 0.262 e. The van der Waals surface area contributed by atoms with Crippen LogP contribution in [-0.2, 0) is 4.79 Å². The second-order valence-electron chi connectivity index (χ2n) is 4.60. The molecule has 1 unspecified atom stereocenters. The lowest BCUT2D eigenvalue weighted by molar-refractivity contribution is -0.118. The number of ether oxygens (including phenoxy) is 1. The molecule has 2 aromatic carbocycles. The topological polar surface area (TPSA) is 38.3 Å². The van der Waals surface area contributed by atoms with Gasteiger partial charge in [-0.05, 0) is 23.8 Å². The molecule has 0 fully saturated rings. The first-order valence-electron chi connectivity index (χ1n) is 6.21. The predicted molar refractivity (Wildman–Crippen MR) is 77.7 cm³/mol. The summed E-state index contributed by atoms with van der Waals surface area (Å²) in [6.45, 7) is -0.0252. The van der Waals surface area contributed by atoms with Crippen LogP contribution >= 0.6 is 15.9 Å². The van der Waals surface area contributed by atoms with Gasteiger partial charge in [0.2, 0.25) is 0 Å². The summed E-state index contributed by atoms with van der Waals surface area (Å²) >= 11 is 3.36. The maximum Gasteiger partial charge on any atom is 0.262 e. The van der Waals surface area contributed by atoms with Crippen molar-refractivity contribution in [1.82, 2.24) is 0 Å². The van der Waals surface area contributed by atoms with E-state index in [1.807, 2.05) is 0 Å². The highest BCUT2D eigenvalue weighted by atomic mass is 79.9. The fourth-order valence-corrected chi connectivity index (χ4v) is 2.79. The van der Waals surface area contributed by atoms with Gasteiger partial charge in [0.1, 0.15) is 5.75 Å². The van der Waals surface area contributed by atoms with Gasteiger partial charge in [-0.25, -0.2) is 8.78 Å². The van der Waals surface area contributed by atoms with Crippen LogP contribution in [-0.4, -0.2) is 12.5 Å². The van der Waals surface area contributed by atoms with E-state index in [1.54, 1.807) is 18.2 Å². The highest BCUT2D eigenvalue weighted by Crippen LogP contribution is 2.37. The molecule has 1 amide bonds. The van der Waals surface area contributed by atoms with Crippen LogP contribution in [0.5, 0.6) is 5.75 Å². The molecule has 1 atom stereocenters. The normalized spacial score (nSPS) is 14.9. The second-order valence-corrected chi connectivity index (χ2v) is 5.51. The van der Waals surface area contributed by atoms with Crippen LogP contribution in [0.2, 0.25) is 0 Å². The summed E-state index contributed by atoms with van der Waals surface area (Å²) in [5.74, 6) is -1.48. The van der Waals surface area contributed by atoms with Crippen LogP contribution in [0.1, 0.15) is 16.0 Å². The Hall–Kier alpha value is -1.95. The Morgan fingerprint density at radius 2 is 2.05 bits per heavy atom. The van der Waals surface area contributed by atoms with Gasteiger partial charge in [-0.3, -0.25) is 4.79 Å². The summed E-state index contributed by atoms with van der Waals surface area (Å²) in [4.78, 5) is 10.8. The number of carbonyl (C=O) groups is 1. The van der Waals surface area contributed by atoms with Crippen molar-refractivity contribution in [3.8, 4) is 5.75 Å². The van der Waals surface area contributed by atoms with Crippen LogP contribution in [0.15, 0.2) is 36.4 Å². The standard InChI is InChI=1S/C15H10BrF2NO2/c16-14(9-2-1-3-10(17)15(9)18)8-4-5-12-11(6-8)19-13(20)7-21-12/h1-6,14H,7H2,(H,19,20). The van der Waals surface area contributed by atoms with E-state index in [-0.39, 0.29) is 18.1 Å². The Balaban J connectivity index is 1.98. The summed E-state index contributed by atoms with van der Waals surface area (Å²) in [6.07, 6.45) is 0. The number of amides is 1. The van der Waals surface area contributed by atoms with Gasteiger partial charge in [-0.15, -0.1) is 0 Å². The van der Waals surface area contributed by atoms with Crippen molar-refractivity contribution in [2.75, 3.05) is 11.9 Å². The number of benzene rings is 2. The third-order valence-electron chi connectivity index (χ3n) is 3.18. The van der Waals surface area contributed by atoms with Crippen LogP contribution < -0.4 is 10.1 Å². The van der Waals surface area contributed by atoms with Gasteiger partial charge in [0, 0.05) is 5.56 Å². The van der Waals surface area contributed by atoms with Gasteiger partial charge in [-0.1, -0.05) is 34.1 Å². The van der Waals surface area contributed by atoms with Crippen molar-refractivity contribution in [3.05, 3.63) is 59.2 Å². The van der Waals surface area contributed by atoms with Gasteiger partial charge in [0.15, 0.2) is 18.2 Å². The molecule has 3 nitrogen and oxygen atoms in total. The van der Waals surface area contributed by atoms with E-state index >= 15 is 0 Å². The third-order valence-corrected chi connectivity index (χ3v) is 4.21. The quantitative estimate of drug-likeness (QED) is 0.834.